The molecule has 0 fully saturated rings. The van der Waals surface area contributed by atoms with Crippen molar-refractivity contribution in [2.24, 2.45) is 0 Å². The maximum atomic E-state index is 13.1. The maximum absolute atomic E-state index is 13.1. The number of ether oxygens (including phenoxy) is 1. The zero-order valence-corrected chi connectivity index (χ0v) is 9.80. The van der Waals surface area contributed by atoms with Gasteiger partial charge in [0.25, 0.3) is 0 Å². The molecule has 0 N–H and O–H groups in total. The van der Waals surface area contributed by atoms with Crippen LogP contribution in [-0.2, 0) is 0 Å². The molecule has 1 aromatic carbocycles. The van der Waals surface area contributed by atoms with Gasteiger partial charge in [-0.25, -0.2) is 4.39 Å². The van der Waals surface area contributed by atoms with Crippen molar-refractivity contribution in [2.75, 3.05) is 12.4 Å². The van der Waals surface area contributed by atoms with Gasteiger partial charge in [-0.1, -0.05) is 12.1 Å². The van der Waals surface area contributed by atoms with Crippen molar-refractivity contribution >= 4 is 11.8 Å². The average Bonchev–Trinajstić information content (AvgIpc) is 2.30. The molecule has 0 saturated heterocycles. The molecule has 0 bridgehead atoms. The number of hydrogen-bond donors (Lipinski definition) is 0. The first-order valence-electron chi connectivity index (χ1n) is 5.23. The Morgan fingerprint density at radius 2 is 2.06 bits per heavy atom. The molecule has 0 aliphatic rings. The number of thiocyanates is 1. The topological polar surface area (TPSA) is 33.0 Å². The zero-order chi connectivity index (χ0) is 11.6. The number of nitriles is 1. The summed E-state index contributed by atoms with van der Waals surface area (Å²) >= 11 is 1.27. The number of benzene rings is 1. The summed E-state index contributed by atoms with van der Waals surface area (Å²) in [5.74, 6) is 0.854. The van der Waals surface area contributed by atoms with Crippen LogP contribution in [0.2, 0.25) is 0 Å². The van der Waals surface area contributed by atoms with E-state index in [2.05, 4.69) is 0 Å². The Hall–Kier alpha value is -1.21. The van der Waals surface area contributed by atoms with E-state index in [4.69, 9.17) is 10.00 Å². The van der Waals surface area contributed by atoms with Crippen LogP contribution >= 0.6 is 11.8 Å². The monoisotopic (exact) mass is 239 g/mol. The average molecular weight is 239 g/mol. The van der Waals surface area contributed by atoms with Gasteiger partial charge in [-0.15, -0.1) is 0 Å². The number of para-hydroxylation sites is 1. The Kier molecular flexibility index (Phi) is 6.43. The minimum Gasteiger partial charge on any atom is -0.491 e. The Labute approximate surface area is 99.4 Å². The van der Waals surface area contributed by atoms with Gasteiger partial charge in [-0.3, -0.25) is 0 Å². The number of unbranched alkanes of at least 4 members (excludes halogenated alkanes) is 2. The fraction of sp³-hybridized carbons (Fsp3) is 0.417. The first kappa shape index (κ1) is 12.9. The SMILES string of the molecule is N#CSCCCCCOc1ccccc1F. The highest BCUT2D eigenvalue weighted by molar-refractivity contribution is 8.03. The molecular weight excluding hydrogens is 225 g/mol. The minimum atomic E-state index is -0.317. The summed E-state index contributed by atoms with van der Waals surface area (Å²) in [6.07, 6.45) is 2.89. The Balaban J connectivity index is 2.08. The lowest BCUT2D eigenvalue weighted by atomic mass is 10.2. The highest BCUT2D eigenvalue weighted by atomic mass is 32.2. The van der Waals surface area contributed by atoms with Gasteiger partial charge in [-0.2, -0.15) is 5.26 Å². The number of hydrogen-bond acceptors (Lipinski definition) is 3. The normalized spacial score (nSPS) is 9.75. The first-order chi connectivity index (χ1) is 7.84. The molecule has 0 aliphatic carbocycles. The molecule has 1 aromatic rings. The summed E-state index contributed by atoms with van der Waals surface area (Å²) < 4.78 is 18.4. The van der Waals surface area contributed by atoms with Gasteiger partial charge in [0.05, 0.1) is 6.61 Å². The fourth-order valence-electron chi connectivity index (χ4n) is 1.24. The van der Waals surface area contributed by atoms with Crippen LogP contribution in [0.15, 0.2) is 24.3 Å². The van der Waals surface area contributed by atoms with Crippen LogP contribution in [0.3, 0.4) is 0 Å². The van der Waals surface area contributed by atoms with Crippen LogP contribution in [0.5, 0.6) is 5.75 Å². The summed E-state index contributed by atoms with van der Waals surface area (Å²) in [5.41, 5.74) is 0. The van der Waals surface area contributed by atoms with Crippen molar-refractivity contribution < 1.29 is 9.13 Å². The third-order valence-corrected chi connectivity index (χ3v) is 2.67. The highest BCUT2D eigenvalue weighted by Gasteiger charge is 2.00. The molecule has 0 spiro atoms. The fourth-order valence-corrected chi connectivity index (χ4v) is 1.68. The third kappa shape index (κ3) is 5.04. The van der Waals surface area contributed by atoms with Gasteiger partial charge in [-0.05, 0) is 43.2 Å². The molecule has 0 saturated carbocycles. The van der Waals surface area contributed by atoms with Crippen molar-refractivity contribution in [1.82, 2.24) is 0 Å². The van der Waals surface area contributed by atoms with E-state index in [0.29, 0.717) is 12.4 Å². The van der Waals surface area contributed by atoms with Gasteiger partial charge in [0.15, 0.2) is 11.6 Å². The Bertz CT molecular complexity index is 351. The lowest BCUT2D eigenvalue weighted by Crippen LogP contribution is -1.99. The van der Waals surface area contributed by atoms with E-state index < -0.39 is 0 Å². The first-order valence-corrected chi connectivity index (χ1v) is 6.21. The molecule has 0 heterocycles. The molecule has 16 heavy (non-hydrogen) atoms. The number of nitrogens with zero attached hydrogens (tertiary/aromatic N) is 1. The predicted octanol–water partition coefficient (Wildman–Crippen LogP) is 3.59. The van der Waals surface area contributed by atoms with Crippen LogP contribution in [0.1, 0.15) is 19.3 Å². The molecular formula is C12H14FNOS. The molecule has 0 aliphatic heterocycles. The number of halogens is 1. The third-order valence-electron chi connectivity index (χ3n) is 2.05. The van der Waals surface area contributed by atoms with Gasteiger partial charge in [0.1, 0.15) is 5.40 Å². The molecule has 4 heteroatoms. The van der Waals surface area contributed by atoms with Gasteiger partial charge in [0.2, 0.25) is 0 Å². The van der Waals surface area contributed by atoms with Crippen molar-refractivity contribution in [3.8, 4) is 11.2 Å². The largest absolute Gasteiger partial charge is 0.491 e. The van der Waals surface area contributed by atoms with Crippen LogP contribution in [0.25, 0.3) is 0 Å². The molecule has 86 valence electrons. The van der Waals surface area contributed by atoms with E-state index in [9.17, 15) is 4.39 Å². The molecule has 1 rings (SSSR count). The van der Waals surface area contributed by atoms with Crippen molar-refractivity contribution in [3.05, 3.63) is 30.1 Å². The molecule has 0 atom stereocenters. The van der Waals surface area contributed by atoms with Crippen LogP contribution in [-0.4, -0.2) is 12.4 Å². The molecule has 2 nitrogen and oxygen atoms in total. The summed E-state index contributed by atoms with van der Waals surface area (Å²) in [6, 6.07) is 6.41. The van der Waals surface area contributed by atoms with E-state index in [0.717, 1.165) is 25.0 Å². The van der Waals surface area contributed by atoms with E-state index in [1.807, 2.05) is 5.40 Å². The van der Waals surface area contributed by atoms with Crippen LogP contribution in [0, 0.1) is 16.5 Å². The lowest BCUT2D eigenvalue weighted by Gasteiger charge is -2.06. The van der Waals surface area contributed by atoms with E-state index >= 15 is 0 Å². The smallest absolute Gasteiger partial charge is 0.165 e. The zero-order valence-electron chi connectivity index (χ0n) is 8.99. The van der Waals surface area contributed by atoms with E-state index in [-0.39, 0.29) is 5.82 Å². The summed E-state index contributed by atoms with van der Waals surface area (Å²) in [6.45, 7) is 0.526. The maximum Gasteiger partial charge on any atom is 0.165 e. The van der Waals surface area contributed by atoms with Crippen LogP contribution < -0.4 is 4.74 Å². The quantitative estimate of drug-likeness (QED) is 0.538. The number of thioether (sulfide) groups is 1. The van der Waals surface area contributed by atoms with Crippen LogP contribution in [0.4, 0.5) is 4.39 Å². The summed E-state index contributed by atoms with van der Waals surface area (Å²) in [4.78, 5) is 0. The van der Waals surface area contributed by atoms with Crippen molar-refractivity contribution in [3.63, 3.8) is 0 Å². The van der Waals surface area contributed by atoms with E-state index in [1.54, 1.807) is 18.2 Å². The Morgan fingerprint density at radius 1 is 1.25 bits per heavy atom. The van der Waals surface area contributed by atoms with E-state index in [1.165, 1.54) is 17.8 Å². The van der Waals surface area contributed by atoms with Crippen molar-refractivity contribution in [2.45, 2.75) is 19.3 Å². The second-order valence-corrected chi connectivity index (χ2v) is 4.16. The summed E-state index contributed by atoms with van der Waals surface area (Å²) in [5, 5.41) is 10.3. The lowest BCUT2D eigenvalue weighted by molar-refractivity contribution is 0.292. The van der Waals surface area contributed by atoms with Gasteiger partial charge in [0, 0.05) is 5.75 Å². The molecule has 0 aromatic heterocycles. The second kappa shape index (κ2) is 8.00. The molecule has 0 radical (unpaired) electrons. The van der Waals surface area contributed by atoms with Crippen molar-refractivity contribution in [1.29, 1.82) is 5.26 Å². The second-order valence-electron chi connectivity index (χ2n) is 3.28. The number of rotatable bonds is 7. The Morgan fingerprint density at radius 3 is 2.81 bits per heavy atom. The molecule has 0 unspecified atom stereocenters. The predicted molar refractivity (Wildman–Crippen MR) is 63.8 cm³/mol. The standard InChI is InChI=1S/C12H14FNOS/c13-11-6-2-3-7-12(11)15-8-4-1-5-9-16-10-14/h2-3,6-7H,1,4-5,8-9H2. The van der Waals surface area contributed by atoms with Gasteiger partial charge < -0.3 is 4.74 Å². The molecule has 0 amide bonds. The highest BCUT2D eigenvalue weighted by Crippen LogP contribution is 2.15. The minimum absolute atomic E-state index is 0.314. The summed E-state index contributed by atoms with van der Waals surface area (Å²) in [7, 11) is 0. The van der Waals surface area contributed by atoms with Gasteiger partial charge >= 0.3 is 0 Å².